The van der Waals surface area contributed by atoms with E-state index in [1.165, 1.54) is 0 Å². The first-order valence-corrected chi connectivity index (χ1v) is 5.93. The largest absolute Gasteiger partial charge is 0.385 e. The van der Waals surface area contributed by atoms with E-state index in [2.05, 4.69) is 5.32 Å². The molecule has 1 N–H and O–H groups in total. The molecule has 0 spiro atoms. The first-order valence-electron chi connectivity index (χ1n) is 5.17. The van der Waals surface area contributed by atoms with Crippen LogP contribution in [0.2, 0.25) is 10.0 Å². The molecule has 1 aromatic carbocycles. The fourth-order valence-electron chi connectivity index (χ4n) is 1.56. The highest BCUT2D eigenvalue weighted by molar-refractivity contribution is 6.35. The summed E-state index contributed by atoms with van der Waals surface area (Å²) in [5.41, 5.74) is 0.912. The highest BCUT2D eigenvalue weighted by atomic mass is 35.5. The van der Waals surface area contributed by atoms with Gasteiger partial charge in [0.05, 0.1) is 13.2 Å². The molecule has 1 aliphatic rings. The average molecular weight is 262 g/mol. The second-order valence-corrected chi connectivity index (χ2v) is 4.42. The standard InChI is InChI=1S/C11H13Cl2NO2/c12-8-5-9(13)7-10(6-8)14-2-1-11-15-3-4-16-11/h5-7,11,14H,1-4H2. The summed E-state index contributed by atoms with van der Waals surface area (Å²) >= 11 is 11.8. The van der Waals surface area contributed by atoms with Gasteiger partial charge in [-0.25, -0.2) is 0 Å². The molecule has 88 valence electrons. The Labute approximate surface area is 105 Å². The SMILES string of the molecule is Clc1cc(Cl)cc(NCCC2OCCO2)c1. The number of rotatable bonds is 4. The molecule has 5 heteroatoms. The van der Waals surface area contributed by atoms with Crippen molar-refractivity contribution in [3.63, 3.8) is 0 Å². The summed E-state index contributed by atoms with van der Waals surface area (Å²) in [5, 5.41) is 4.48. The van der Waals surface area contributed by atoms with E-state index in [0.717, 1.165) is 18.7 Å². The van der Waals surface area contributed by atoms with Crippen LogP contribution in [0.4, 0.5) is 5.69 Å². The zero-order valence-electron chi connectivity index (χ0n) is 8.71. The molecule has 1 aliphatic heterocycles. The van der Waals surface area contributed by atoms with Crippen molar-refractivity contribution >= 4 is 28.9 Å². The fourth-order valence-corrected chi connectivity index (χ4v) is 2.09. The van der Waals surface area contributed by atoms with Crippen LogP contribution in [0.5, 0.6) is 0 Å². The Morgan fingerprint density at radius 3 is 2.38 bits per heavy atom. The lowest BCUT2D eigenvalue weighted by molar-refractivity contribution is -0.0439. The van der Waals surface area contributed by atoms with Gasteiger partial charge in [0.1, 0.15) is 0 Å². The molecule has 0 saturated carbocycles. The van der Waals surface area contributed by atoms with Crippen molar-refractivity contribution in [1.29, 1.82) is 0 Å². The summed E-state index contributed by atoms with van der Waals surface area (Å²) in [6.45, 7) is 2.14. The fraction of sp³-hybridized carbons (Fsp3) is 0.455. The van der Waals surface area contributed by atoms with Crippen LogP contribution in [0.15, 0.2) is 18.2 Å². The van der Waals surface area contributed by atoms with Crippen molar-refractivity contribution in [3.05, 3.63) is 28.2 Å². The molecule has 1 heterocycles. The smallest absolute Gasteiger partial charge is 0.159 e. The first-order chi connectivity index (χ1) is 7.74. The summed E-state index contributed by atoms with van der Waals surface area (Å²) in [4.78, 5) is 0. The van der Waals surface area contributed by atoms with E-state index in [1.807, 2.05) is 12.1 Å². The van der Waals surface area contributed by atoms with Crippen molar-refractivity contribution < 1.29 is 9.47 Å². The lowest BCUT2D eigenvalue weighted by atomic mass is 10.3. The van der Waals surface area contributed by atoms with Crippen LogP contribution in [-0.4, -0.2) is 26.0 Å². The zero-order valence-corrected chi connectivity index (χ0v) is 10.2. The maximum absolute atomic E-state index is 5.88. The molecule has 1 aromatic rings. The maximum Gasteiger partial charge on any atom is 0.159 e. The molecule has 3 nitrogen and oxygen atoms in total. The van der Waals surface area contributed by atoms with Crippen molar-refractivity contribution in [1.82, 2.24) is 0 Å². The van der Waals surface area contributed by atoms with Crippen LogP contribution in [0.3, 0.4) is 0 Å². The number of hydrogen-bond acceptors (Lipinski definition) is 3. The highest BCUT2D eigenvalue weighted by Gasteiger charge is 2.14. The molecule has 0 radical (unpaired) electrons. The van der Waals surface area contributed by atoms with Gasteiger partial charge in [0.2, 0.25) is 0 Å². The molecule has 0 aromatic heterocycles. The summed E-state index contributed by atoms with van der Waals surface area (Å²) in [6.07, 6.45) is 0.728. The number of benzene rings is 1. The van der Waals surface area contributed by atoms with Crippen LogP contribution >= 0.6 is 23.2 Å². The molecule has 2 rings (SSSR count). The van der Waals surface area contributed by atoms with Gasteiger partial charge in [-0.1, -0.05) is 23.2 Å². The normalized spacial score (nSPS) is 16.6. The lowest BCUT2D eigenvalue weighted by Gasteiger charge is -2.11. The van der Waals surface area contributed by atoms with E-state index >= 15 is 0 Å². The predicted octanol–water partition coefficient (Wildman–Crippen LogP) is 3.17. The van der Waals surface area contributed by atoms with Gasteiger partial charge >= 0.3 is 0 Å². The number of hydrogen-bond donors (Lipinski definition) is 1. The van der Waals surface area contributed by atoms with Crippen LogP contribution < -0.4 is 5.32 Å². The Hall–Kier alpha value is -0.480. The molecular weight excluding hydrogens is 249 g/mol. The number of nitrogens with one attached hydrogen (secondary N) is 1. The van der Waals surface area contributed by atoms with Gasteiger partial charge in [-0.2, -0.15) is 0 Å². The summed E-state index contributed by atoms with van der Waals surface area (Å²) in [5.74, 6) is 0. The minimum absolute atomic E-state index is 0.0813. The molecular formula is C11H13Cl2NO2. The van der Waals surface area contributed by atoms with Crippen molar-refractivity contribution in [2.24, 2.45) is 0 Å². The monoisotopic (exact) mass is 261 g/mol. The Bertz CT molecular complexity index is 334. The topological polar surface area (TPSA) is 30.5 Å². The van der Waals surface area contributed by atoms with Gasteiger partial charge in [-0.15, -0.1) is 0 Å². The van der Waals surface area contributed by atoms with Gasteiger partial charge in [-0.3, -0.25) is 0 Å². The Morgan fingerprint density at radius 2 is 1.75 bits per heavy atom. The van der Waals surface area contributed by atoms with Gasteiger partial charge < -0.3 is 14.8 Å². The summed E-state index contributed by atoms with van der Waals surface area (Å²) in [6, 6.07) is 5.38. The molecule has 0 unspecified atom stereocenters. The van der Waals surface area contributed by atoms with Crippen LogP contribution in [0, 0.1) is 0 Å². The number of halogens is 2. The van der Waals surface area contributed by atoms with Crippen LogP contribution in [0.1, 0.15) is 6.42 Å². The molecule has 0 amide bonds. The minimum Gasteiger partial charge on any atom is -0.385 e. The molecule has 1 fully saturated rings. The van der Waals surface area contributed by atoms with Crippen molar-refractivity contribution in [2.75, 3.05) is 25.1 Å². The Kier molecular flexibility index (Phi) is 4.29. The molecule has 1 saturated heterocycles. The lowest BCUT2D eigenvalue weighted by Crippen LogP contribution is -2.14. The van der Waals surface area contributed by atoms with Crippen LogP contribution in [0.25, 0.3) is 0 Å². The second kappa shape index (κ2) is 5.73. The molecule has 0 bridgehead atoms. The number of ether oxygens (including phenoxy) is 2. The Balaban J connectivity index is 1.80. The van der Waals surface area contributed by atoms with Crippen molar-refractivity contribution in [2.45, 2.75) is 12.7 Å². The zero-order chi connectivity index (χ0) is 11.4. The van der Waals surface area contributed by atoms with E-state index in [0.29, 0.717) is 23.3 Å². The van der Waals surface area contributed by atoms with E-state index in [4.69, 9.17) is 32.7 Å². The highest BCUT2D eigenvalue weighted by Crippen LogP contribution is 2.22. The van der Waals surface area contributed by atoms with Gasteiger partial charge in [0, 0.05) is 28.7 Å². The minimum atomic E-state index is -0.0813. The summed E-state index contributed by atoms with van der Waals surface area (Å²) < 4.78 is 10.6. The molecule has 0 aliphatic carbocycles. The van der Waals surface area contributed by atoms with Crippen LogP contribution in [-0.2, 0) is 9.47 Å². The molecule has 16 heavy (non-hydrogen) atoms. The Morgan fingerprint density at radius 1 is 1.12 bits per heavy atom. The second-order valence-electron chi connectivity index (χ2n) is 3.54. The van der Waals surface area contributed by atoms with Gasteiger partial charge in [0.25, 0.3) is 0 Å². The third-order valence-corrected chi connectivity index (χ3v) is 2.70. The molecule has 0 atom stereocenters. The third-order valence-electron chi connectivity index (χ3n) is 2.26. The first kappa shape index (κ1) is 12.0. The third kappa shape index (κ3) is 3.52. The van der Waals surface area contributed by atoms with E-state index in [-0.39, 0.29) is 6.29 Å². The maximum atomic E-state index is 5.88. The van der Waals surface area contributed by atoms with E-state index < -0.39 is 0 Å². The van der Waals surface area contributed by atoms with Gasteiger partial charge in [0.15, 0.2) is 6.29 Å². The number of anilines is 1. The predicted molar refractivity (Wildman–Crippen MR) is 65.3 cm³/mol. The van der Waals surface area contributed by atoms with E-state index in [1.54, 1.807) is 6.07 Å². The summed E-state index contributed by atoms with van der Waals surface area (Å²) in [7, 11) is 0. The van der Waals surface area contributed by atoms with E-state index in [9.17, 15) is 0 Å². The van der Waals surface area contributed by atoms with Crippen molar-refractivity contribution in [3.8, 4) is 0 Å². The average Bonchev–Trinajstić information content (AvgIpc) is 2.69. The van der Waals surface area contributed by atoms with Gasteiger partial charge in [-0.05, 0) is 18.2 Å². The quantitative estimate of drug-likeness (QED) is 0.904.